The van der Waals surface area contributed by atoms with Crippen LogP contribution in [0, 0.1) is 0 Å². The third-order valence-corrected chi connectivity index (χ3v) is 3.16. The number of benzene rings is 1. The Morgan fingerprint density at radius 2 is 2.10 bits per heavy atom. The Hall–Kier alpha value is -2.50. The summed E-state index contributed by atoms with van der Waals surface area (Å²) in [6.45, 7) is 0.439. The molecule has 0 fully saturated rings. The molecule has 104 valence electrons. The van der Waals surface area contributed by atoms with Crippen LogP contribution < -0.4 is 14.8 Å². The highest BCUT2D eigenvalue weighted by atomic mass is 16.7. The first-order valence-electron chi connectivity index (χ1n) is 6.27. The lowest BCUT2D eigenvalue weighted by Crippen LogP contribution is -2.28. The predicted molar refractivity (Wildman–Crippen MR) is 75.0 cm³/mol. The molecule has 0 aliphatic carbocycles. The van der Waals surface area contributed by atoms with Gasteiger partial charge in [-0.25, -0.2) is 4.98 Å². The first-order chi connectivity index (χ1) is 9.65. The van der Waals surface area contributed by atoms with E-state index in [2.05, 4.69) is 10.3 Å². The molecule has 0 saturated heterocycles. The van der Waals surface area contributed by atoms with E-state index in [0.717, 1.165) is 16.5 Å². The molecule has 2 aromatic rings. The van der Waals surface area contributed by atoms with Crippen molar-refractivity contribution in [1.82, 2.24) is 9.88 Å². The van der Waals surface area contributed by atoms with Crippen LogP contribution in [0.4, 0.5) is 5.82 Å². The van der Waals surface area contributed by atoms with E-state index < -0.39 is 0 Å². The van der Waals surface area contributed by atoms with Crippen molar-refractivity contribution in [2.75, 3.05) is 32.7 Å². The van der Waals surface area contributed by atoms with Gasteiger partial charge in [0.15, 0.2) is 11.5 Å². The van der Waals surface area contributed by atoms with Crippen LogP contribution in [0.5, 0.6) is 11.5 Å². The maximum Gasteiger partial charge on any atom is 0.241 e. The molecule has 6 nitrogen and oxygen atoms in total. The molecule has 0 atom stereocenters. The number of ether oxygens (including phenoxy) is 2. The fraction of sp³-hybridized carbons (Fsp3) is 0.286. The summed E-state index contributed by atoms with van der Waals surface area (Å²) in [4.78, 5) is 17.5. The van der Waals surface area contributed by atoms with E-state index in [1.54, 1.807) is 20.3 Å². The van der Waals surface area contributed by atoms with E-state index in [0.29, 0.717) is 11.6 Å². The normalized spacial score (nSPS) is 12.5. The highest BCUT2D eigenvalue weighted by molar-refractivity contribution is 5.95. The van der Waals surface area contributed by atoms with Crippen LogP contribution in [0.1, 0.15) is 0 Å². The van der Waals surface area contributed by atoms with Gasteiger partial charge in [0.1, 0.15) is 5.82 Å². The molecular weight excluding hydrogens is 258 g/mol. The molecule has 1 aromatic carbocycles. The molecule has 1 amide bonds. The number of carbonyl (C=O) groups is 1. The highest BCUT2D eigenvalue weighted by Gasteiger charge is 2.16. The van der Waals surface area contributed by atoms with Gasteiger partial charge < -0.3 is 19.7 Å². The average molecular weight is 273 g/mol. The van der Waals surface area contributed by atoms with Gasteiger partial charge in [0, 0.05) is 25.7 Å². The molecule has 1 aliphatic rings. The standard InChI is InChI=1S/C14H15N3O3/c1-17(2)13(18)7-16-14-10-6-12-11(19-8-20-12)5-9(10)3-4-15-14/h3-6H,7-8H2,1-2H3,(H,15,16). The molecule has 1 aliphatic heterocycles. The summed E-state index contributed by atoms with van der Waals surface area (Å²) in [5, 5.41) is 4.96. The Morgan fingerprint density at radius 3 is 2.85 bits per heavy atom. The maximum atomic E-state index is 11.6. The fourth-order valence-electron chi connectivity index (χ4n) is 2.02. The number of aromatic nitrogens is 1. The van der Waals surface area contributed by atoms with E-state index in [4.69, 9.17) is 9.47 Å². The topological polar surface area (TPSA) is 63.7 Å². The Kier molecular flexibility index (Phi) is 3.06. The van der Waals surface area contributed by atoms with Crippen LogP contribution in [0.3, 0.4) is 0 Å². The number of carbonyl (C=O) groups excluding carboxylic acids is 1. The van der Waals surface area contributed by atoms with E-state index in [-0.39, 0.29) is 19.2 Å². The van der Waals surface area contributed by atoms with Gasteiger partial charge >= 0.3 is 0 Å². The number of pyridine rings is 1. The number of hydrogen-bond donors (Lipinski definition) is 1. The van der Waals surface area contributed by atoms with Gasteiger partial charge in [0.2, 0.25) is 12.7 Å². The first-order valence-corrected chi connectivity index (χ1v) is 6.27. The lowest BCUT2D eigenvalue weighted by atomic mass is 10.1. The summed E-state index contributed by atoms with van der Waals surface area (Å²) in [7, 11) is 3.44. The lowest BCUT2D eigenvalue weighted by Gasteiger charge is -2.12. The van der Waals surface area contributed by atoms with Crippen molar-refractivity contribution in [3.63, 3.8) is 0 Å². The maximum absolute atomic E-state index is 11.6. The first kappa shape index (κ1) is 12.5. The van der Waals surface area contributed by atoms with Gasteiger partial charge in [-0.15, -0.1) is 0 Å². The summed E-state index contributed by atoms with van der Waals surface area (Å²) in [5.74, 6) is 2.09. The van der Waals surface area contributed by atoms with E-state index >= 15 is 0 Å². The Bertz CT molecular complexity index is 670. The molecule has 0 spiro atoms. The SMILES string of the molecule is CN(C)C(=O)CNc1nccc2cc3c(cc12)OCO3. The van der Waals surface area contributed by atoms with Crippen molar-refractivity contribution >= 4 is 22.5 Å². The van der Waals surface area contributed by atoms with Crippen LogP contribution >= 0.6 is 0 Å². The monoisotopic (exact) mass is 273 g/mol. The molecule has 0 bridgehead atoms. The molecule has 3 rings (SSSR count). The number of anilines is 1. The third-order valence-electron chi connectivity index (χ3n) is 3.16. The summed E-state index contributed by atoms with van der Waals surface area (Å²) < 4.78 is 10.7. The van der Waals surface area contributed by atoms with Crippen LogP contribution in [0.15, 0.2) is 24.4 Å². The number of hydrogen-bond acceptors (Lipinski definition) is 5. The molecule has 1 N–H and O–H groups in total. The zero-order valence-electron chi connectivity index (χ0n) is 11.3. The highest BCUT2D eigenvalue weighted by Crippen LogP contribution is 2.37. The molecule has 0 radical (unpaired) electrons. The molecule has 1 aromatic heterocycles. The Morgan fingerprint density at radius 1 is 1.35 bits per heavy atom. The van der Waals surface area contributed by atoms with Crippen LogP contribution in [0.2, 0.25) is 0 Å². The average Bonchev–Trinajstić information content (AvgIpc) is 2.89. The smallest absolute Gasteiger partial charge is 0.241 e. The van der Waals surface area contributed by atoms with Crippen molar-refractivity contribution < 1.29 is 14.3 Å². The minimum absolute atomic E-state index is 0.00968. The van der Waals surface area contributed by atoms with Gasteiger partial charge in [-0.05, 0) is 23.6 Å². The van der Waals surface area contributed by atoms with Gasteiger partial charge in [-0.2, -0.15) is 0 Å². The fourth-order valence-corrected chi connectivity index (χ4v) is 2.02. The van der Waals surface area contributed by atoms with Crippen molar-refractivity contribution in [2.24, 2.45) is 0 Å². The number of rotatable bonds is 3. The van der Waals surface area contributed by atoms with Crippen LogP contribution in [0.25, 0.3) is 10.8 Å². The van der Waals surface area contributed by atoms with Crippen molar-refractivity contribution in [1.29, 1.82) is 0 Å². The second-order valence-electron chi connectivity index (χ2n) is 4.73. The molecule has 0 unspecified atom stereocenters. The van der Waals surface area contributed by atoms with Gasteiger partial charge in [0.05, 0.1) is 6.54 Å². The molecule has 6 heteroatoms. The minimum Gasteiger partial charge on any atom is -0.454 e. The summed E-state index contributed by atoms with van der Waals surface area (Å²) in [5.41, 5.74) is 0. The summed E-state index contributed by atoms with van der Waals surface area (Å²) in [6, 6.07) is 5.70. The lowest BCUT2D eigenvalue weighted by molar-refractivity contribution is -0.126. The van der Waals surface area contributed by atoms with Crippen LogP contribution in [-0.2, 0) is 4.79 Å². The van der Waals surface area contributed by atoms with Gasteiger partial charge in [-0.3, -0.25) is 4.79 Å². The zero-order chi connectivity index (χ0) is 14.1. The zero-order valence-corrected chi connectivity index (χ0v) is 11.3. The van der Waals surface area contributed by atoms with Crippen LogP contribution in [-0.4, -0.2) is 43.2 Å². The second-order valence-corrected chi connectivity index (χ2v) is 4.73. The summed E-state index contributed by atoms with van der Waals surface area (Å²) >= 11 is 0. The second kappa shape index (κ2) is 4.88. The number of fused-ring (bicyclic) bond motifs is 2. The number of nitrogens with one attached hydrogen (secondary N) is 1. The molecule has 2 heterocycles. The Labute approximate surface area is 116 Å². The number of nitrogens with zero attached hydrogens (tertiary/aromatic N) is 2. The van der Waals surface area contributed by atoms with Gasteiger partial charge in [0.25, 0.3) is 0 Å². The van der Waals surface area contributed by atoms with E-state index in [9.17, 15) is 4.79 Å². The van der Waals surface area contributed by atoms with Crippen molar-refractivity contribution in [3.8, 4) is 11.5 Å². The predicted octanol–water partition coefficient (Wildman–Crippen LogP) is 1.46. The van der Waals surface area contributed by atoms with Crippen molar-refractivity contribution in [2.45, 2.75) is 0 Å². The largest absolute Gasteiger partial charge is 0.454 e. The number of likely N-dealkylation sites (N-methyl/N-ethyl adjacent to an activating group) is 1. The Balaban J connectivity index is 1.93. The summed E-state index contributed by atoms with van der Waals surface area (Å²) in [6.07, 6.45) is 1.70. The number of amides is 1. The molecule has 0 saturated carbocycles. The van der Waals surface area contributed by atoms with E-state index in [1.807, 2.05) is 18.2 Å². The van der Waals surface area contributed by atoms with E-state index in [1.165, 1.54) is 4.90 Å². The molecular formula is C14H15N3O3. The quantitative estimate of drug-likeness (QED) is 0.917. The van der Waals surface area contributed by atoms with Crippen molar-refractivity contribution in [3.05, 3.63) is 24.4 Å². The van der Waals surface area contributed by atoms with Gasteiger partial charge in [-0.1, -0.05) is 0 Å². The minimum atomic E-state index is -0.00968. The third kappa shape index (κ3) is 2.20. The molecule has 20 heavy (non-hydrogen) atoms.